The van der Waals surface area contributed by atoms with E-state index in [1.807, 2.05) is 36.4 Å². The van der Waals surface area contributed by atoms with Gasteiger partial charge < -0.3 is 4.74 Å². The number of carbonyl (C=O) groups is 3. The molecule has 0 saturated heterocycles. The van der Waals surface area contributed by atoms with Gasteiger partial charge in [0.05, 0.1) is 5.56 Å². The highest BCUT2D eigenvalue weighted by molar-refractivity contribution is 8.14. The predicted molar refractivity (Wildman–Crippen MR) is 125 cm³/mol. The van der Waals surface area contributed by atoms with E-state index < -0.39 is 5.97 Å². The second-order valence-electron chi connectivity index (χ2n) is 6.21. The first kappa shape index (κ1) is 22.3. The summed E-state index contributed by atoms with van der Waals surface area (Å²) in [5.74, 6) is -0.0737. The number of carbonyl (C=O) groups excluding carboxylic acids is 3. The molecule has 31 heavy (non-hydrogen) atoms. The Balaban J connectivity index is 1.63. The van der Waals surface area contributed by atoms with Crippen LogP contribution in [0.3, 0.4) is 0 Å². The van der Waals surface area contributed by atoms with Gasteiger partial charge in [-0.1, -0.05) is 37.4 Å². The van der Waals surface area contributed by atoms with Gasteiger partial charge in [-0.2, -0.15) is 0 Å². The molecule has 6 heteroatoms. The highest BCUT2D eigenvalue weighted by Crippen LogP contribution is 2.26. The zero-order valence-electron chi connectivity index (χ0n) is 16.4. The molecule has 0 bridgehead atoms. The smallest absolute Gasteiger partial charge is 0.343 e. The van der Waals surface area contributed by atoms with E-state index in [0.717, 1.165) is 44.4 Å². The monoisotopic (exact) mass is 446 g/mol. The van der Waals surface area contributed by atoms with Crippen LogP contribution in [0, 0.1) is 0 Å². The fourth-order valence-electron chi connectivity index (χ4n) is 2.57. The van der Waals surface area contributed by atoms with Gasteiger partial charge in [0.15, 0.2) is 0 Å². The number of rotatable bonds is 7. The zero-order valence-corrected chi connectivity index (χ0v) is 18.1. The minimum Gasteiger partial charge on any atom is -0.423 e. The molecule has 3 rings (SSSR count). The molecule has 0 spiro atoms. The lowest BCUT2D eigenvalue weighted by Crippen LogP contribution is -2.08. The molecule has 0 aliphatic rings. The lowest BCUT2D eigenvalue weighted by molar-refractivity contribution is -0.107. The summed E-state index contributed by atoms with van der Waals surface area (Å²) in [5.41, 5.74) is 2.33. The van der Waals surface area contributed by atoms with Gasteiger partial charge in [-0.05, 0) is 95.3 Å². The van der Waals surface area contributed by atoms with Gasteiger partial charge in [0.25, 0.3) is 0 Å². The highest BCUT2D eigenvalue weighted by Gasteiger charge is 2.10. The maximum Gasteiger partial charge on any atom is 0.343 e. The van der Waals surface area contributed by atoms with Crippen molar-refractivity contribution in [3.8, 4) is 16.9 Å². The Bertz CT molecular complexity index is 1120. The van der Waals surface area contributed by atoms with Crippen molar-refractivity contribution in [2.45, 2.75) is 9.79 Å². The van der Waals surface area contributed by atoms with Gasteiger partial charge in [-0.25, -0.2) is 4.79 Å². The van der Waals surface area contributed by atoms with E-state index in [1.54, 1.807) is 36.4 Å². The van der Waals surface area contributed by atoms with Crippen LogP contribution in [-0.4, -0.2) is 16.2 Å². The number of ether oxygens (including phenoxy) is 1. The van der Waals surface area contributed by atoms with Crippen molar-refractivity contribution in [2.75, 3.05) is 0 Å². The molecule has 3 aromatic carbocycles. The lowest BCUT2D eigenvalue weighted by atomic mass is 10.0. The average molecular weight is 447 g/mol. The van der Waals surface area contributed by atoms with Crippen molar-refractivity contribution < 1.29 is 19.1 Å². The molecule has 3 aromatic rings. The molecule has 0 heterocycles. The van der Waals surface area contributed by atoms with Crippen LogP contribution in [0.1, 0.15) is 10.4 Å². The summed E-state index contributed by atoms with van der Waals surface area (Å²) in [5, 5.41) is -0.252. The van der Waals surface area contributed by atoms with E-state index in [0.29, 0.717) is 11.3 Å². The van der Waals surface area contributed by atoms with Crippen LogP contribution < -0.4 is 4.74 Å². The van der Waals surface area contributed by atoms with E-state index in [9.17, 15) is 14.4 Å². The quantitative estimate of drug-likeness (QED) is 0.187. The fraction of sp³-hybridized carbons (Fsp3) is 0. The average Bonchev–Trinajstić information content (AvgIpc) is 2.80. The molecule has 0 aliphatic heterocycles. The molecular formula is C25H18O4S2. The number of benzene rings is 3. The summed E-state index contributed by atoms with van der Waals surface area (Å²) in [4.78, 5) is 36.8. The van der Waals surface area contributed by atoms with Gasteiger partial charge in [0.1, 0.15) is 5.75 Å². The Morgan fingerprint density at radius 1 is 0.645 bits per heavy atom. The summed E-state index contributed by atoms with van der Waals surface area (Å²) >= 11 is 2.17. The Labute approximate surface area is 189 Å². The second-order valence-corrected chi connectivity index (χ2v) is 8.37. The van der Waals surface area contributed by atoms with Crippen molar-refractivity contribution >= 4 is 39.7 Å². The zero-order chi connectivity index (χ0) is 22.2. The second kappa shape index (κ2) is 10.6. The standard InChI is InChI=1S/C25H18O4S2/c1-3-23(26)30-21-13-9-18(10-14-21)17-5-7-19(8-6-17)25(28)29-20-11-15-22(16-12-20)31-24(27)4-2/h3-16H,1-2H2. The van der Waals surface area contributed by atoms with Crippen molar-refractivity contribution in [1.29, 1.82) is 0 Å². The summed E-state index contributed by atoms with van der Waals surface area (Å²) in [7, 11) is 0. The number of hydrogen-bond donors (Lipinski definition) is 0. The van der Waals surface area contributed by atoms with Crippen LogP contribution in [-0.2, 0) is 9.59 Å². The van der Waals surface area contributed by atoms with Gasteiger partial charge in [0, 0.05) is 9.79 Å². The van der Waals surface area contributed by atoms with E-state index in [1.165, 1.54) is 12.2 Å². The number of esters is 1. The minimum absolute atomic E-state index is 0.103. The molecule has 0 aliphatic carbocycles. The van der Waals surface area contributed by atoms with E-state index >= 15 is 0 Å². The molecule has 0 N–H and O–H groups in total. The summed E-state index contributed by atoms with van der Waals surface area (Å²) < 4.78 is 5.40. The summed E-state index contributed by atoms with van der Waals surface area (Å²) in [6.07, 6.45) is 2.53. The highest BCUT2D eigenvalue weighted by atomic mass is 32.2. The van der Waals surface area contributed by atoms with E-state index in [2.05, 4.69) is 13.2 Å². The first-order valence-corrected chi connectivity index (χ1v) is 10.8. The van der Waals surface area contributed by atoms with Crippen molar-refractivity contribution in [1.82, 2.24) is 0 Å². The molecule has 0 atom stereocenters. The maximum absolute atomic E-state index is 12.4. The SMILES string of the molecule is C=CC(=O)Sc1ccc(OC(=O)c2ccc(-c3ccc(SC(=O)C=C)cc3)cc2)cc1. The first-order valence-electron chi connectivity index (χ1n) is 9.20. The third-order valence-corrected chi connectivity index (χ3v) is 5.86. The third kappa shape index (κ3) is 6.31. The largest absolute Gasteiger partial charge is 0.423 e. The predicted octanol–water partition coefficient (Wildman–Crippen LogP) is 6.18. The molecule has 0 radical (unpaired) electrons. The lowest BCUT2D eigenvalue weighted by Gasteiger charge is -2.07. The molecular weight excluding hydrogens is 428 g/mol. The van der Waals surface area contributed by atoms with Crippen LogP contribution in [0.4, 0.5) is 0 Å². The molecule has 0 amide bonds. The summed E-state index contributed by atoms with van der Waals surface area (Å²) in [6, 6.07) is 21.4. The van der Waals surface area contributed by atoms with Crippen LogP contribution in [0.2, 0.25) is 0 Å². The van der Waals surface area contributed by atoms with Gasteiger partial charge >= 0.3 is 5.97 Å². The van der Waals surface area contributed by atoms with Gasteiger partial charge in [-0.3, -0.25) is 9.59 Å². The molecule has 154 valence electrons. The topological polar surface area (TPSA) is 60.4 Å². The molecule has 0 saturated carbocycles. The first-order chi connectivity index (χ1) is 15.0. The Kier molecular flexibility index (Phi) is 7.65. The van der Waals surface area contributed by atoms with Crippen LogP contribution in [0.15, 0.2) is 108 Å². The normalized spacial score (nSPS) is 10.2. The Hall–Kier alpha value is -3.35. The van der Waals surface area contributed by atoms with Crippen LogP contribution >= 0.6 is 23.5 Å². The molecule has 0 fully saturated rings. The number of thioether (sulfide) groups is 2. The molecule has 0 aromatic heterocycles. The Morgan fingerprint density at radius 2 is 1.06 bits per heavy atom. The van der Waals surface area contributed by atoms with Crippen LogP contribution in [0.25, 0.3) is 11.1 Å². The molecule has 4 nitrogen and oxygen atoms in total. The van der Waals surface area contributed by atoms with Crippen molar-refractivity contribution in [3.05, 3.63) is 104 Å². The van der Waals surface area contributed by atoms with Gasteiger partial charge in [0.2, 0.25) is 10.2 Å². The minimum atomic E-state index is -0.469. The molecule has 0 unspecified atom stereocenters. The Morgan fingerprint density at radius 3 is 1.52 bits per heavy atom. The van der Waals surface area contributed by atoms with E-state index in [4.69, 9.17) is 4.74 Å². The number of hydrogen-bond acceptors (Lipinski definition) is 6. The summed E-state index contributed by atoms with van der Waals surface area (Å²) in [6.45, 7) is 6.90. The van der Waals surface area contributed by atoms with Crippen molar-refractivity contribution in [3.63, 3.8) is 0 Å². The maximum atomic E-state index is 12.4. The van der Waals surface area contributed by atoms with Crippen LogP contribution in [0.5, 0.6) is 5.75 Å². The van der Waals surface area contributed by atoms with Crippen molar-refractivity contribution in [2.24, 2.45) is 0 Å². The van der Waals surface area contributed by atoms with Gasteiger partial charge in [-0.15, -0.1) is 0 Å². The van der Waals surface area contributed by atoms with E-state index in [-0.39, 0.29) is 10.2 Å². The third-order valence-electron chi connectivity index (χ3n) is 4.11. The fourth-order valence-corrected chi connectivity index (χ4v) is 3.75.